The maximum atomic E-state index is 12.9. The zero-order valence-corrected chi connectivity index (χ0v) is 13.7. The maximum absolute atomic E-state index is 12.9. The van der Waals surface area contributed by atoms with E-state index in [4.69, 9.17) is 4.52 Å². The van der Waals surface area contributed by atoms with Crippen molar-refractivity contribution in [3.05, 3.63) is 65.7 Å². The molecule has 0 amide bonds. The first-order valence-electron chi connectivity index (χ1n) is 7.66. The van der Waals surface area contributed by atoms with Crippen LogP contribution in [0.5, 0.6) is 0 Å². The van der Waals surface area contributed by atoms with E-state index in [2.05, 4.69) is 15.5 Å². The van der Waals surface area contributed by atoms with Gasteiger partial charge in [-0.2, -0.15) is 4.98 Å². The van der Waals surface area contributed by atoms with Gasteiger partial charge in [-0.05, 0) is 50.0 Å². The van der Waals surface area contributed by atoms with Gasteiger partial charge in [-0.1, -0.05) is 23.4 Å². The van der Waals surface area contributed by atoms with Gasteiger partial charge >= 0.3 is 0 Å². The van der Waals surface area contributed by atoms with Crippen molar-refractivity contribution in [1.82, 2.24) is 15.0 Å². The molecule has 3 rings (SSSR count). The predicted octanol–water partition coefficient (Wildman–Crippen LogP) is 3.55. The number of aromatic nitrogens is 2. The van der Waals surface area contributed by atoms with Crippen LogP contribution in [-0.4, -0.2) is 29.1 Å². The van der Waals surface area contributed by atoms with Crippen LogP contribution in [0.4, 0.5) is 10.1 Å². The first-order valence-corrected chi connectivity index (χ1v) is 7.66. The smallest absolute Gasteiger partial charge is 0.258 e. The Morgan fingerprint density at radius 3 is 2.67 bits per heavy atom. The lowest BCUT2D eigenvalue weighted by atomic mass is 10.2. The minimum atomic E-state index is -0.231. The fourth-order valence-electron chi connectivity index (χ4n) is 2.29. The summed E-state index contributed by atoms with van der Waals surface area (Å²) in [6.45, 7) is 1.24. The van der Waals surface area contributed by atoms with Gasteiger partial charge in [0.15, 0.2) is 5.82 Å². The molecular formula is C18H19FN4O. The molecule has 0 aliphatic carbocycles. The van der Waals surface area contributed by atoms with E-state index in [-0.39, 0.29) is 5.82 Å². The molecule has 0 aliphatic heterocycles. The molecule has 6 heteroatoms. The van der Waals surface area contributed by atoms with Crippen LogP contribution in [0, 0.1) is 5.82 Å². The Labute approximate surface area is 140 Å². The highest BCUT2D eigenvalue weighted by Crippen LogP contribution is 2.21. The quantitative estimate of drug-likeness (QED) is 0.751. The summed E-state index contributed by atoms with van der Waals surface area (Å²) in [5.74, 6) is 0.919. The Hall–Kier alpha value is -2.73. The van der Waals surface area contributed by atoms with Gasteiger partial charge in [-0.25, -0.2) is 4.39 Å². The van der Waals surface area contributed by atoms with E-state index in [0.717, 1.165) is 16.8 Å². The minimum Gasteiger partial charge on any atom is -0.381 e. The van der Waals surface area contributed by atoms with Crippen molar-refractivity contribution in [2.45, 2.75) is 13.1 Å². The average molecular weight is 326 g/mol. The molecule has 0 fully saturated rings. The topological polar surface area (TPSA) is 54.2 Å². The van der Waals surface area contributed by atoms with Crippen LogP contribution in [0.3, 0.4) is 0 Å². The summed E-state index contributed by atoms with van der Waals surface area (Å²) in [4.78, 5) is 6.38. The Morgan fingerprint density at radius 2 is 1.92 bits per heavy atom. The largest absolute Gasteiger partial charge is 0.381 e. The molecule has 0 saturated carbocycles. The lowest BCUT2D eigenvalue weighted by Crippen LogP contribution is -2.11. The monoisotopic (exact) mass is 326 g/mol. The van der Waals surface area contributed by atoms with Gasteiger partial charge in [0.25, 0.3) is 5.89 Å². The number of hydrogen-bond acceptors (Lipinski definition) is 5. The molecule has 0 aliphatic rings. The fourth-order valence-corrected chi connectivity index (χ4v) is 2.29. The molecule has 1 N–H and O–H groups in total. The molecule has 1 aromatic heterocycles. The number of rotatable bonds is 6. The highest BCUT2D eigenvalue weighted by atomic mass is 19.1. The summed E-state index contributed by atoms with van der Waals surface area (Å²) in [6, 6.07) is 14.2. The van der Waals surface area contributed by atoms with Gasteiger partial charge in [0.2, 0.25) is 0 Å². The molecule has 0 atom stereocenters. The molecule has 1 heterocycles. The Balaban J connectivity index is 1.69. The molecule has 0 saturated heterocycles. The summed E-state index contributed by atoms with van der Waals surface area (Å²) >= 11 is 0. The van der Waals surface area contributed by atoms with Gasteiger partial charge < -0.3 is 14.7 Å². The first kappa shape index (κ1) is 16.1. The van der Waals surface area contributed by atoms with Crippen molar-refractivity contribution < 1.29 is 8.91 Å². The van der Waals surface area contributed by atoms with E-state index in [1.54, 1.807) is 12.1 Å². The van der Waals surface area contributed by atoms with Gasteiger partial charge in [0, 0.05) is 17.8 Å². The normalized spacial score (nSPS) is 11.0. The number of anilines is 1. The summed E-state index contributed by atoms with van der Waals surface area (Å²) < 4.78 is 18.3. The van der Waals surface area contributed by atoms with Crippen LogP contribution in [0.25, 0.3) is 11.5 Å². The Kier molecular flexibility index (Phi) is 4.86. The predicted molar refractivity (Wildman–Crippen MR) is 90.9 cm³/mol. The molecule has 2 aromatic carbocycles. The molecule has 3 aromatic rings. The lowest BCUT2D eigenvalue weighted by Gasteiger charge is -2.07. The maximum Gasteiger partial charge on any atom is 0.258 e. The van der Waals surface area contributed by atoms with E-state index >= 15 is 0 Å². The van der Waals surface area contributed by atoms with Crippen LogP contribution in [0.1, 0.15) is 11.4 Å². The van der Waals surface area contributed by atoms with Gasteiger partial charge in [0.1, 0.15) is 5.82 Å². The Bertz CT molecular complexity index is 799. The zero-order valence-electron chi connectivity index (χ0n) is 13.7. The second-order valence-electron chi connectivity index (χ2n) is 5.81. The molecule has 0 radical (unpaired) electrons. The van der Waals surface area contributed by atoms with Gasteiger partial charge in [-0.3, -0.25) is 0 Å². The fraction of sp³-hybridized carbons (Fsp3) is 0.222. The molecule has 24 heavy (non-hydrogen) atoms. The zero-order chi connectivity index (χ0) is 16.9. The standard InChI is InChI=1S/C18H19FN4O/c1-23(2)12-17-21-18(24-22-17)14-4-3-5-16(10-14)20-11-13-6-8-15(19)9-7-13/h3-10,20H,11-12H2,1-2H3. The third-order valence-corrected chi connectivity index (χ3v) is 3.45. The van der Waals surface area contributed by atoms with Crippen molar-refractivity contribution in [1.29, 1.82) is 0 Å². The SMILES string of the molecule is CN(C)Cc1noc(-c2cccc(NCc3ccc(F)cc3)c2)n1. The Morgan fingerprint density at radius 1 is 1.12 bits per heavy atom. The van der Waals surface area contributed by atoms with E-state index in [1.165, 1.54) is 12.1 Å². The molecule has 124 valence electrons. The molecule has 5 nitrogen and oxygen atoms in total. The van der Waals surface area contributed by atoms with Crippen LogP contribution in [-0.2, 0) is 13.1 Å². The average Bonchev–Trinajstić information content (AvgIpc) is 3.02. The highest BCUT2D eigenvalue weighted by Gasteiger charge is 2.10. The van der Waals surface area contributed by atoms with Crippen molar-refractivity contribution >= 4 is 5.69 Å². The molecule has 0 spiro atoms. The third kappa shape index (κ3) is 4.17. The van der Waals surface area contributed by atoms with E-state index < -0.39 is 0 Å². The van der Waals surface area contributed by atoms with Crippen LogP contribution >= 0.6 is 0 Å². The van der Waals surface area contributed by atoms with E-state index in [9.17, 15) is 4.39 Å². The van der Waals surface area contributed by atoms with Crippen LogP contribution in [0.15, 0.2) is 53.1 Å². The second kappa shape index (κ2) is 7.23. The van der Waals surface area contributed by atoms with Gasteiger partial charge in [0.05, 0.1) is 6.54 Å². The number of nitrogens with zero attached hydrogens (tertiary/aromatic N) is 3. The van der Waals surface area contributed by atoms with E-state index in [1.807, 2.05) is 43.3 Å². The minimum absolute atomic E-state index is 0.231. The highest BCUT2D eigenvalue weighted by molar-refractivity contribution is 5.61. The summed E-state index contributed by atoms with van der Waals surface area (Å²) in [5.41, 5.74) is 2.80. The van der Waals surface area contributed by atoms with Crippen LogP contribution in [0.2, 0.25) is 0 Å². The number of nitrogens with one attached hydrogen (secondary N) is 1. The molecular weight excluding hydrogens is 307 g/mol. The van der Waals surface area contributed by atoms with Crippen molar-refractivity contribution in [2.24, 2.45) is 0 Å². The van der Waals surface area contributed by atoms with Crippen molar-refractivity contribution in [3.63, 3.8) is 0 Å². The van der Waals surface area contributed by atoms with Gasteiger partial charge in [-0.15, -0.1) is 0 Å². The summed E-state index contributed by atoms with van der Waals surface area (Å²) in [6.07, 6.45) is 0. The second-order valence-corrected chi connectivity index (χ2v) is 5.81. The number of halogens is 1. The molecule has 0 bridgehead atoms. The lowest BCUT2D eigenvalue weighted by molar-refractivity contribution is 0.365. The van der Waals surface area contributed by atoms with Crippen LogP contribution < -0.4 is 5.32 Å². The first-order chi connectivity index (χ1) is 11.6. The summed E-state index contributed by atoms with van der Waals surface area (Å²) in [7, 11) is 3.91. The summed E-state index contributed by atoms with van der Waals surface area (Å²) in [5, 5.41) is 7.29. The van der Waals surface area contributed by atoms with E-state index in [0.29, 0.717) is 24.8 Å². The number of benzene rings is 2. The third-order valence-electron chi connectivity index (χ3n) is 3.45. The van der Waals surface area contributed by atoms with Crippen molar-refractivity contribution in [3.8, 4) is 11.5 Å². The number of hydrogen-bond donors (Lipinski definition) is 1. The van der Waals surface area contributed by atoms with Crippen molar-refractivity contribution in [2.75, 3.05) is 19.4 Å². The molecule has 0 unspecified atom stereocenters.